The van der Waals surface area contributed by atoms with Crippen molar-refractivity contribution >= 4 is 38.3 Å². The molecule has 41 heavy (non-hydrogen) atoms. The van der Waals surface area contributed by atoms with Crippen LogP contribution in [0.3, 0.4) is 0 Å². The van der Waals surface area contributed by atoms with Gasteiger partial charge in [-0.05, 0) is 57.2 Å². The molecule has 13 heteroatoms. The van der Waals surface area contributed by atoms with E-state index in [9.17, 15) is 23.5 Å². The van der Waals surface area contributed by atoms with Crippen LogP contribution in [-0.2, 0) is 18.7 Å². The molecule has 0 aliphatic carbocycles. The van der Waals surface area contributed by atoms with Crippen molar-refractivity contribution in [2.75, 3.05) is 24.4 Å². The number of nitrogens with one attached hydrogen (secondary N) is 1. The molecule has 0 saturated carbocycles. The zero-order valence-corrected chi connectivity index (χ0v) is 24.6. The normalized spacial score (nSPS) is 17.3. The van der Waals surface area contributed by atoms with Gasteiger partial charge >= 0.3 is 26.7 Å². The number of ether oxygens (including phenoxy) is 1. The Hall–Kier alpha value is -4.07. The molecule has 11 nitrogen and oxygen atoms in total. The topological polar surface area (TPSA) is 132 Å². The molecule has 0 spiro atoms. The number of hydrogen-bond donors (Lipinski definition) is 1. The predicted molar refractivity (Wildman–Crippen MR) is 154 cm³/mol. The third kappa shape index (κ3) is 6.16. The van der Waals surface area contributed by atoms with Gasteiger partial charge in [0, 0.05) is 6.54 Å². The first-order valence-electron chi connectivity index (χ1n) is 13.0. The third-order valence-electron chi connectivity index (χ3n) is 6.21. The van der Waals surface area contributed by atoms with Gasteiger partial charge < -0.3 is 19.1 Å². The minimum atomic E-state index is -4.55. The van der Waals surface area contributed by atoms with Crippen molar-refractivity contribution in [3.8, 4) is 11.5 Å². The zero-order valence-electron chi connectivity index (χ0n) is 22.8. The van der Waals surface area contributed by atoms with Crippen LogP contribution in [0, 0.1) is 0 Å². The number of benzene rings is 3. The van der Waals surface area contributed by atoms with Crippen LogP contribution >= 0.6 is 15.0 Å². The highest BCUT2D eigenvalue weighted by Crippen LogP contribution is 2.61. The van der Waals surface area contributed by atoms with E-state index in [-0.39, 0.29) is 35.9 Å². The number of esters is 1. The summed E-state index contributed by atoms with van der Waals surface area (Å²) in [6.45, 7) is 3.97. The molecule has 216 valence electrons. The lowest BCUT2D eigenvalue weighted by Gasteiger charge is -2.43. The van der Waals surface area contributed by atoms with Crippen molar-refractivity contribution in [2.45, 2.75) is 26.6 Å². The zero-order chi connectivity index (χ0) is 29.6. The van der Waals surface area contributed by atoms with E-state index in [1.807, 2.05) is 0 Å². The first-order valence-corrected chi connectivity index (χ1v) is 16.2. The molecule has 1 aliphatic rings. The Bertz CT molecular complexity index is 1460. The number of nitrogens with zero attached hydrogens (tertiary/aromatic N) is 2. The lowest BCUT2D eigenvalue weighted by Crippen LogP contribution is -2.49. The molecule has 1 N–H and O–H groups in total. The average molecular weight is 600 g/mol. The van der Waals surface area contributed by atoms with Crippen LogP contribution < -0.4 is 19.0 Å². The molecule has 1 heterocycles. The summed E-state index contributed by atoms with van der Waals surface area (Å²) in [5, 5.41) is 2.52. The summed E-state index contributed by atoms with van der Waals surface area (Å²) < 4.78 is 47.7. The highest BCUT2D eigenvalue weighted by molar-refractivity contribution is 7.80. The number of amides is 2. The summed E-state index contributed by atoms with van der Waals surface area (Å²) in [6, 6.07) is 22.8. The molecular weight excluding hydrogens is 568 g/mol. The smallest absolute Gasteiger partial charge is 0.452 e. The van der Waals surface area contributed by atoms with Gasteiger partial charge in [0.15, 0.2) is 5.78 Å². The molecule has 2 atom stereocenters. The maximum absolute atomic E-state index is 14.8. The van der Waals surface area contributed by atoms with Gasteiger partial charge in [-0.1, -0.05) is 48.5 Å². The first-order chi connectivity index (χ1) is 19.6. The minimum Gasteiger partial charge on any atom is -0.465 e. The predicted octanol–water partition coefficient (Wildman–Crippen LogP) is 6.13. The van der Waals surface area contributed by atoms with E-state index in [1.165, 1.54) is 19.1 Å². The van der Waals surface area contributed by atoms with Crippen molar-refractivity contribution in [3.63, 3.8) is 0 Å². The average Bonchev–Trinajstić information content (AvgIpc) is 2.96. The molecular formula is C28H31N3O8P2. The fourth-order valence-corrected chi connectivity index (χ4v) is 8.39. The standard InChI is InChI=1S/C28H31N3O8P2/c1-4-30-27(33)24-18-12-13-19-25(24)31(20-26(32)37-5-2)40(30,35)28(34)29-21(3)41(36,38-22-14-8-6-9-15-22)39-23-16-10-7-11-17-23/h6-19,21H,4-5,20H2,1-3H3,(H,29,34). The van der Waals surface area contributed by atoms with Crippen molar-refractivity contribution in [2.24, 2.45) is 0 Å². The molecule has 0 fully saturated rings. The summed E-state index contributed by atoms with van der Waals surface area (Å²) in [6.07, 6.45) is 0. The molecule has 0 bridgehead atoms. The second kappa shape index (κ2) is 12.6. The van der Waals surface area contributed by atoms with E-state index in [0.717, 1.165) is 9.34 Å². The number of fused-ring (bicyclic) bond motifs is 1. The maximum atomic E-state index is 14.8. The lowest BCUT2D eigenvalue weighted by atomic mass is 10.1. The highest BCUT2D eigenvalue weighted by atomic mass is 31.2. The Morgan fingerprint density at radius 1 is 0.878 bits per heavy atom. The molecule has 3 aromatic carbocycles. The molecule has 3 aromatic rings. The lowest BCUT2D eigenvalue weighted by molar-refractivity contribution is -0.141. The molecule has 0 radical (unpaired) electrons. The van der Waals surface area contributed by atoms with E-state index in [0.29, 0.717) is 0 Å². The van der Waals surface area contributed by atoms with E-state index >= 15 is 0 Å². The Balaban J connectivity index is 1.73. The summed E-state index contributed by atoms with van der Waals surface area (Å²) >= 11 is 0. The van der Waals surface area contributed by atoms with E-state index < -0.39 is 44.9 Å². The third-order valence-corrected chi connectivity index (χ3v) is 11.0. The minimum absolute atomic E-state index is 0.0646. The van der Waals surface area contributed by atoms with Gasteiger partial charge in [-0.3, -0.25) is 28.3 Å². The number of hydrogen-bond acceptors (Lipinski definition) is 8. The van der Waals surface area contributed by atoms with Gasteiger partial charge in [0.25, 0.3) is 5.91 Å². The van der Waals surface area contributed by atoms with Crippen molar-refractivity contribution < 1.29 is 37.3 Å². The maximum Gasteiger partial charge on any atom is 0.452 e. The second-order valence-electron chi connectivity index (χ2n) is 8.92. The van der Waals surface area contributed by atoms with Crippen LogP contribution in [0.25, 0.3) is 0 Å². The Kier molecular flexibility index (Phi) is 9.21. The molecule has 1 aliphatic heterocycles. The van der Waals surface area contributed by atoms with Crippen molar-refractivity contribution in [3.05, 3.63) is 90.5 Å². The highest BCUT2D eigenvalue weighted by Gasteiger charge is 2.53. The number of anilines is 1. The summed E-state index contributed by atoms with van der Waals surface area (Å²) in [5.41, 5.74) is -0.797. The van der Waals surface area contributed by atoms with Crippen molar-refractivity contribution in [1.82, 2.24) is 9.99 Å². The van der Waals surface area contributed by atoms with Gasteiger partial charge in [0.05, 0.1) is 17.9 Å². The van der Waals surface area contributed by atoms with Gasteiger partial charge in [-0.15, -0.1) is 0 Å². The number of rotatable bonds is 11. The second-order valence-corrected chi connectivity index (χ2v) is 13.6. The summed E-state index contributed by atoms with van der Waals surface area (Å²) in [4.78, 5) is 40.0. The molecule has 2 unspecified atom stereocenters. The van der Waals surface area contributed by atoms with Crippen LogP contribution in [0.1, 0.15) is 31.1 Å². The monoisotopic (exact) mass is 599 g/mol. The van der Waals surface area contributed by atoms with E-state index in [1.54, 1.807) is 86.6 Å². The number of carbonyl (C=O) groups excluding carboxylic acids is 3. The SMILES string of the molecule is CCOC(=O)CN1c2ccccc2C(=O)N(CC)P1(=O)C(=O)NC(C)P(=O)(Oc1ccccc1)Oc1ccccc1. The van der Waals surface area contributed by atoms with Crippen LogP contribution in [0.15, 0.2) is 84.9 Å². The Morgan fingerprint density at radius 2 is 1.41 bits per heavy atom. The van der Waals surface area contributed by atoms with Gasteiger partial charge in [0.1, 0.15) is 18.0 Å². The largest absolute Gasteiger partial charge is 0.465 e. The number of carbonyl (C=O) groups is 3. The fraction of sp³-hybridized carbons (Fsp3) is 0.250. The molecule has 0 aromatic heterocycles. The molecule has 4 rings (SSSR count). The van der Waals surface area contributed by atoms with Gasteiger partial charge in [-0.25, -0.2) is 4.57 Å². The molecule has 2 amide bonds. The fourth-order valence-electron chi connectivity index (χ4n) is 4.26. The van der Waals surface area contributed by atoms with E-state index in [4.69, 9.17) is 13.8 Å². The Morgan fingerprint density at radius 3 is 1.95 bits per heavy atom. The van der Waals surface area contributed by atoms with Crippen LogP contribution in [0.5, 0.6) is 11.5 Å². The van der Waals surface area contributed by atoms with Crippen molar-refractivity contribution in [1.29, 1.82) is 0 Å². The van der Waals surface area contributed by atoms with Crippen LogP contribution in [0.2, 0.25) is 0 Å². The summed E-state index contributed by atoms with van der Waals surface area (Å²) in [5.74, 6) is -2.27. The summed E-state index contributed by atoms with van der Waals surface area (Å²) in [7, 11) is -8.77. The van der Waals surface area contributed by atoms with Crippen LogP contribution in [0.4, 0.5) is 10.5 Å². The number of para-hydroxylation sites is 3. The first kappa shape index (κ1) is 29.9. The van der Waals surface area contributed by atoms with E-state index in [2.05, 4.69) is 5.32 Å². The van der Waals surface area contributed by atoms with Gasteiger partial charge in [0.2, 0.25) is 0 Å². The quantitative estimate of drug-likeness (QED) is 0.204. The Labute approximate surface area is 238 Å². The molecule has 0 saturated heterocycles. The van der Waals surface area contributed by atoms with Gasteiger partial charge in [-0.2, -0.15) is 0 Å². The van der Waals surface area contributed by atoms with Crippen LogP contribution in [-0.4, -0.2) is 47.7 Å².